The molecule has 0 amide bonds. The van der Waals surface area contributed by atoms with E-state index in [1.807, 2.05) is 12.1 Å². The molecule has 0 radical (unpaired) electrons. The molecule has 0 saturated carbocycles. The van der Waals surface area contributed by atoms with Crippen LogP contribution in [0.25, 0.3) is 0 Å². The van der Waals surface area contributed by atoms with Crippen molar-refractivity contribution < 1.29 is 19.1 Å². The van der Waals surface area contributed by atoms with Gasteiger partial charge in [-0.15, -0.1) is 0 Å². The maximum Gasteiger partial charge on any atom is 0.269 e. The van der Waals surface area contributed by atoms with Crippen LogP contribution in [0.3, 0.4) is 0 Å². The Hall–Kier alpha value is -2.93. The van der Waals surface area contributed by atoms with E-state index in [0.29, 0.717) is 31.3 Å². The Bertz CT molecular complexity index is 842. The minimum atomic E-state index is -0.408. The number of non-ortho nitro benzene ring substituents is 1. The Morgan fingerprint density at radius 3 is 2.39 bits per heavy atom. The molecule has 0 unspecified atom stereocenters. The molecule has 0 aromatic heterocycles. The quantitative estimate of drug-likeness (QED) is 0.412. The molecule has 0 spiro atoms. The predicted octanol–water partition coefficient (Wildman–Crippen LogP) is 3.78. The first-order valence-corrected chi connectivity index (χ1v) is 9.12. The van der Waals surface area contributed by atoms with Crippen molar-refractivity contribution in [3.8, 4) is 11.5 Å². The Balaban J connectivity index is 1.83. The van der Waals surface area contributed by atoms with Crippen molar-refractivity contribution in [3.05, 3.63) is 63.7 Å². The molecular weight excluding hydrogens is 360 g/mol. The zero-order valence-corrected chi connectivity index (χ0v) is 16.1. The summed E-state index contributed by atoms with van der Waals surface area (Å²) in [5, 5.41) is 10.8. The van der Waals surface area contributed by atoms with Gasteiger partial charge in [0, 0.05) is 43.5 Å². The number of hydrogen-bond donors (Lipinski definition) is 0. The number of nitro groups is 1. The second kappa shape index (κ2) is 8.84. The SMILES string of the molecule is COc1ccc(C2(CN=Cc3ccc([N+](=O)[O-])cc3)CCOCC2)cc1OC. The molecule has 7 nitrogen and oxygen atoms in total. The number of nitrogens with zero attached hydrogens (tertiary/aromatic N) is 2. The minimum Gasteiger partial charge on any atom is -0.493 e. The van der Waals surface area contributed by atoms with E-state index < -0.39 is 4.92 Å². The largest absolute Gasteiger partial charge is 0.493 e. The van der Waals surface area contributed by atoms with Gasteiger partial charge in [0.25, 0.3) is 5.69 Å². The lowest BCUT2D eigenvalue weighted by Crippen LogP contribution is -2.36. The summed E-state index contributed by atoms with van der Waals surface area (Å²) in [6.07, 6.45) is 3.49. The molecule has 0 bridgehead atoms. The topological polar surface area (TPSA) is 83.2 Å². The first-order chi connectivity index (χ1) is 13.6. The van der Waals surface area contributed by atoms with E-state index in [-0.39, 0.29) is 11.1 Å². The van der Waals surface area contributed by atoms with Crippen molar-refractivity contribution in [1.29, 1.82) is 0 Å². The van der Waals surface area contributed by atoms with E-state index in [0.717, 1.165) is 24.0 Å². The molecule has 148 valence electrons. The van der Waals surface area contributed by atoms with Crippen LogP contribution in [0.4, 0.5) is 5.69 Å². The molecule has 2 aromatic carbocycles. The van der Waals surface area contributed by atoms with Gasteiger partial charge < -0.3 is 14.2 Å². The molecule has 28 heavy (non-hydrogen) atoms. The molecule has 1 saturated heterocycles. The van der Waals surface area contributed by atoms with Gasteiger partial charge in [0.15, 0.2) is 11.5 Å². The third-order valence-electron chi connectivity index (χ3n) is 5.18. The fourth-order valence-electron chi connectivity index (χ4n) is 3.47. The maximum atomic E-state index is 10.8. The number of hydrogen-bond acceptors (Lipinski definition) is 6. The van der Waals surface area contributed by atoms with E-state index in [1.165, 1.54) is 12.1 Å². The van der Waals surface area contributed by atoms with Crippen molar-refractivity contribution in [2.24, 2.45) is 4.99 Å². The first kappa shape index (κ1) is 19.8. The van der Waals surface area contributed by atoms with Crippen LogP contribution < -0.4 is 9.47 Å². The molecular formula is C21H24N2O5. The summed E-state index contributed by atoms with van der Waals surface area (Å²) in [6, 6.07) is 12.4. The molecule has 0 N–H and O–H groups in total. The zero-order valence-electron chi connectivity index (χ0n) is 16.1. The van der Waals surface area contributed by atoms with Gasteiger partial charge in [0.1, 0.15) is 0 Å². The summed E-state index contributed by atoms with van der Waals surface area (Å²) in [4.78, 5) is 15.0. The van der Waals surface area contributed by atoms with E-state index in [1.54, 1.807) is 32.6 Å². The minimum absolute atomic E-state index is 0.0726. The number of rotatable bonds is 7. The van der Waals surface area contributed by atoms with Crippen molar-refractivity contribution >= 4 is 11.9 Å². The molecule has 0 aliphatic carbocycles. The maximum absolute atomic E-state index is 10.8. The summed E-state index contributed by atoms with van der Waals surface area (Å²) < 4.78 is 16.4. The van der Waals surface area contributed by atoms with E-state index in [9.17, 15) is 10.1 Å². The Kier molecular flexibility index (Phi) is 6.26. The smallest absolute Gasteiger partial charge is 0.269 e. The third-order valence-corrected chi connectivity index (χ3v) is 5.18. The fourth-order valence-corrected chi connectivity index (χ4v) is 3.47. The van der Waals surface area contributed by atoms with E-state index >= 15 is 0 Å². The van der Waals surface area contributed by atoms with Crippen molar-refractivity contribution in [2.75, 3.05) is 34.0 Å². The third kappa shape index (κ3) is 4.31. The second-order valence-electron chi connectivity index (χ2n) is 6.78. The summed E-state index contributed by atoms with van der Waals surface area (Å²) >= 11 is 0. The molecule has 1 heterocycles. The van der Waals surface area contributed by atoms with Crippen LogP contribution in [-0.4, -0.2) is 45.1 Å². The van der Waals surface area contributed by atoms with Gasteiger partial charge in [-0.2, -0.15) is 0 Å². The molecule has 0 atom stereocenters. The summed E-state index contributed by atoms with van der Waals surface area (Å²) in [6.45, 7) is 1.96. The average Bonchev–Trinajstić information content (AvgIpc) is 2.74. The predicted molar refractivity (Wildman–Crippen MR) is 107 cm³/mol. The highest BCUT2D eigenvalue weighted by atomic mass is 16.6. The zero-order chi connectivity index (χ0) is 20.0. The monoisotopic (exact) mass is 384 g/mol. The number of methoxy groups -OCH3 is 2. The van der Waals surface area contributed by atoms with Gasteiger partial charge in [-0.1, -0.05) is 6.07 Å². The second-order valence-corrected chi connectivity index (χ2v) is 6.78. The highest BCUT2D eigenvalue weighted by molar-refractivity contribution is 5.80. The fraction of sp³-hybridized carbons (Fsp3) is 0.381. The van der Waals surface area contributed by atoms with Crippen LogP contribution >= 0.6 is 0 Å². The van der Waals surface area contributed by atoms with Gasteiger partial charge in [-0.3, -0.25) is 15.1 Å². The number of nitro benzene ring substituents is 1. The lowest BCUT2D eigenvalue weighted by Gasteiger charge is -2.36. The Morgan fingerprint density at radius 1 is 1.11 bits per heavy atom. The number of benzene rings is 2. The highest BCUT2D eigenvalue weighted by Gasteiger charge is 2.35. The lowest BCUT2D eigenvalue weighted by atomic mass is 9.74. The van der Waals surface area contributed by atoms with Crippen LogP contribution in [0.5, 0.6) is 11.5 Å². The van der Waals surface area contributed by atoms with Gasteiger partial charge in [0.2, 0.25) is 0 Å². The molecule has 1 aliphatic rings. The van der Waals surface area contributed by atoms with Crippen LogP contribution in [0.2, 0.25) is 0 Å². The molecule has 2 aromatic rings. The Labute approximate surface area is 164 Å². The van der Waals surface area contributed by atoms with Crippen LogP contribution in [0.15, 0.2) is 47.5 Å². The van der Waals surface area contributed by atoms with E-state index in [4.69, 9.17) is 14.2 Å². The Morgan fingerprint density at radius 2 is 1.79 bits per heavy atom. The van der Waals surface area contributed by atoms with Gasteiger partial charge in [-0.05, 0) is 48.2 Å². The molecule has 1 fully saturated rings. The average molecular weight is 384 g/mol. The van der Waals surface area contributed by atoms with Gasteiger partial charge in [-0.25, -0.2) is 0 Å². The summed E-state index contributed by atoms with van der Waals surface area (Å²) in [5.41, 5.74) is 1.91. The highest BCUT2D eigenvalue weighted by Crippen LogP contribution is 2.39. The summed E-state index contributed by atoms with van der Waals surface area (Å²) in [5.74, 6) is 1.40. The number of ether oxygens (including phenoxy) is 3. The molecule has 1 aliphatic heterocycles. The summed E-state index contributed by atoms with van der Waals surface area (Å²) in [7, 11) is 3.25. The first-order valence-electron chi connectivity index (χ1n) is 9.12. The van der Waals surface area contributed by atoms with Gasteiger partial charge >= 0.3 is 0 Å². The normalized spacial score (nSPS) is 16.1. The molecule has 7 heteroatoms. The van der Waals surface area contributed by atoms with Crippen LogP contribution in [0.1, 0.15) is 24.0 Å². The van der Waals surface area contributed by atoms with Crippen molar-refractivity contribution in [1.82, 2.24) is 0 Å². The van der Waals surface area contributed by atoms with Gasteiger partial charge in [0.05, 0.1) is 19.1 Å². The van der Waals surface area contributed by atoms with Crippen molar-refractivity contribution in [2.45, 2.75) is 18.3 Å². The van der Waals surface area contributed by atoms with Crippen molar-refractivity contribution in [3.63, 3.8) is 0 Å². The van der Waals surface area contributed by atoms with Crippen LogP contribution in [0, 0.1) is 10.1 Å². The molecule has 3 rings (SSSR count). The van der Waals surface area contributed by atoms with Crippen LogP contribution in [-0.2, 0) is 10.2 Å². The van der Waals surface area contributed by atoms with E-state index in [2.05, 4.69) is 11.1 Å². The lowest BCUT2D eigenvalue weighted by molar-refractivity contribution is -0.384. The number of aliphatic imine (C=N–C) groups is 1. The standard InChI is InChI=1S/C21H24N2O5/c1-26-19-8-5-17(13-20(19)27-2)21(9-11-28-12-10-21)15-22-14-16-3-6-18(7-4-16)23(24)25/h3-8,13-14H,9-12,15H2,1-2H3.